The van der Waals surface area contributed by atoms with Gasteiger partial charge in [-0.2, -0.15) is 5.10 Å². The van der Waals surface area contributed by atoms with Crippen LogP contribution in [-0.2, 0) is 5.41 Å². The summed E-state index contributed by atoms with van der Waals surface area (Å²) in [6.45, 7) is 8.61. The lowest BCUT2D eigenvalue weighted by molar-refractivity contribution is 0.524. The highest BCUT2D eigenvalue weighted by molar-refractivity contribution is 5.20. The zero-order valence-electron chi connectivity index (χ0n) is 10.1. The highest BCUT2D eigenvalue weighted by Crippen LogP contribution is 2.37. The number of hydrogen-bond donors (Lipinski definition) is 1. The Kier molecular flexibility index (Phi) is 2.38. The van der Waals surface area contributed by atoms with E-state index in [1.807, 2.05) is 6.92 Å². The lowest BCUT2D eigenvalue weighted by atomic mass is 9.92. The van der Waals surface area contributed by atoms with E-state index in [1.54, 1.807) is 0 Å². The number of aromatic nitrogens is 2. The molecule has 1 aromatic heterocycles. The molecule has 3 nitrogen and oxygen atoms in total. The van der Waals surface area contributed by atoms with Gasteiger partial charge in [-0.1, -0.05) is 20.8 Å². The zero-order valence-corrected chi connectivity index (χ0v) is 10.1. The van der Waals surface area contributed by atoms with Gasteiger partial charge in [-0.3, -0.25) is 4.68 Å². The summed E-state index contributed by atoms with van der Waals surface area (Å²) in [5, 5.41) is 4.70. The van der Waals surface area contributed by atoms with Gasteiger partial charge in [0.25, 0.3) is 0 Å². The third-order valence-corrected chi connectivity index (χ3v) is 2.89. The Morgan fingerprint density at radius 1 is 1.47 bits per heavy atom. The number of nitrogens with two attached hydrogens (primary N) is 1. The molecule has 0 bridgehead atoms. The summed E-state index contributed by atoms with van der Waals surface area (Å²) < 4.78 is 2.14. The van der Waals surface area contributed by atoms with Crippen molar-refractivity contribution in [3.05, 3.63) is 17.5 Å². The first kappa shape index (κ1) is 10.7. The van der Waals surface area contributed by atoms with Crippen LogP contribution in [0.1, 0.15) is 64.0 Å². The van der Waals surface area contributed by atoms with Crippen LogP contribution in [0.15, 0.2) is 6.07 Å². The summed E-state index contributed by atoms with van der Waals surface area (Å²) in [5.41, 5.74) is 8.43. The van der Waals surface area contributed by atoms with Crippen LogP contribution in [0.4, 0.5) is 0 Å². The van der Waals surface area contributed by atoms with E-state index in [4.69, 9.17) is 10.8 Å². The van der Waals surface area contributed by atoms with Crippen LogP contribution in [0.2, 0.25) is 0 Å². The predicted molar refractivity (Wildman–Crippen MR) is 61.8 cm³/mol. The molecule has 0 radical (unpaired) electrons. The van der Waals surface area contributed by atoms with Gasteiger partial charge < -0.3 is 5.73 Å². The molecule has 0 amide bonds. The van der Waals surface area contributed by atoms with Crippen LogP contribution in [0.25, 0.3) is 0 Å². The number of hydrogen-bond acceptors (Lipinski definition) is 2. The second-order valence-corrected chi connectivity index (χ2v) is 5.67. The zero-order chi connectivity index (χ0) is 11.2. The first-order valence-electron chi connectivity index (χ1n) is 5.75. The SMILES string of the molecule is CC(N)c1cc(C(C)(C)C)nn1C1CC1. The molecule has 1 fully saturated rings. The molecule has 0 spiro atoms. The van der Waals surface area contributed by atoms with Crippen LogP contribution < -0.4 is 5.73 Å². The summed E-state index contributed by atoms with van der Waals surface area (Å²) in [6, 6.07) is 2.86. The third kappa shape index (κ3) is 2.07. The van der Waals surface area contributed by atoms with Crippen molar-refractivity contribution >= 4 is 0 Å². The van der Waals surface area contributed by atoms with Crippen molar-refractivity contribution in [1.82, 2.24) is 9.78 Å². The van der Waals surface area contributed by atoms with Gasteiger partial charge in [-0.15, -0.1) is 0 Å². The van der Waals surface area contributed by atoms with Gasteiger partial charge in [0.2, 0.25) is 0 Å². The van der Waals surface area contributed by atoms with Gasteiger partial charge in [0, 0.05) is 11.5 Å². The summed E-state index contributed by atoms with van der Waals surface area (Å²) in [7, 11) is 0. The van der Waals surface area contributed by atoms with E-state index in [9.17, 15) is 0 Å². The molecule has 15 heavy (non-hydrogen) atoms. The number of nitrogens with zero attached hydrogens (tertiary/aromatic N) is 2. The standard InChI is InChI=1S/C12H21N3/c1-8(13)10-7-11(12(2,3)4)14-15(10)9-5-6-9/h7-9H,5-6,13H2,1-4H3. The smallest absolute Gasteiger partial charge is 0.0681 e. The molecule has 2 rings (SSSR count). The second kappa shape index (κ2) is 3.34. The molecule has 0 aliphatic heterocycles. The van der Waals surface area contributed by atoms with Crippen molar-refractivity contribution in [1.29, 1.82) is 0 Å². The maximum atomic E-state index is 5.98. The normalized spacial score (nSPS) is 19.3. The summed E-state index contributed by atoms with van der Waals surface area (Å²) in [6.07, 6.45) is 2.51. The molecule has 2 N–H and O–H groups in total. The lowest BCUT2D eigenvalue weighted by Gasteiger charge is -2.14. The minimum atomic E-state index is 0.0780. The van der Waals surface area contributed by atoms with E-state index in [2.05, 4.69) is 31.5 Å². The molecule has 1 aliphatic carbocycles. The van der Waals surface area contributed by atoms with Gasteiger partial charge in [0.1, 0.15) is 0 Å². The van der Waals surface area contributed by atoms with E-state index in [1.165, 1.54) is 18.5 Å². The molecule has 0 saturated heterocycles. The van der Waals surface area contributed by atoms with E-state index in [0.717, 1.165) is 5.69 Å². The lowest BCUT2D eigenvalue weighted by Crippen LogP contribution is -2.13. The van der Waals surface area contributed by atoms with Gasteiger partial charge in [-0.25, -0.2) is 0 Å². The fourth-order valence-electron chi connectivity index (χ4n) is 1.73. The maximum absolute atomic E-state index is 5.98. The summed E-state index contributed by atoms with van der Waals surface area (Å²) in [5.74, 6) is 0. The average molecular weight is 207 g/mol. The van der Waals surface area contributed by atoms with Crippen molar-refractivity contribution in [3.63, 3.8) is 0 Å². The predicted octanol–water partition coefficient (Wildman–Crippen LogP) is 2.54. The molecule has 1 heterocycles. The maximum Gasteiger partial charge on any atom is 0.0681 e. The van der Waals surface area contributed by atoms with Crippen LogP contribution in [0.3, 0.4) is 0 Å². The average Bonchev–Trinajstić information content (AvgIpc) is 2.81. The van der Waals surface area contributed by atoms with Crippen molar-refractivity contribution in [3.8, 4) is 0 Å². The molecule has 3 heteroatoms. The molecule has 1 atom stereocenters. The van der Waals surface area contributed by atoms with Gasteiger partial charge in [-0.05, 0) is 25.8 Å². The van der Waals surface area contributed by atoms with Gasteiger partial charge in [0.05, 0.1) is 17.4 Å². The first-order chi connectivity index (χ1) is 6.89. The third-order valence-electron chi connectivity index (χ3n) is 2.89. The Hall–Kier alpha value is -0.830. The van der Waals surface area contributed by atoms with E-state index >= 15 is 0 Å². The quantitative estimate of drug-likeness (QED) is 0.810. The van der Waals surface area contributed by atoms with E-state index in [0.29, 0.717) is 6.04 Å². The Labute approximate surface area is 91.7 Å². The first-order valence-corrected chi connectivity index (χ1v) is 5.75. The van der Waals surface area contributed by atoms with Gasteiger partial charge >= 0.3 is 0 Å². The molecule has 1 aromatic rings. The van der Waals surface area contributed by atoms with Crippen LogP contribution in [-0.4, -0.2) is 9.78 Å². The molecular formula is C12H21N3. The number of rotatable bonds is 2. The minimum absolute atomic E-state index is 0.0780. The van der Waals surface area contributed by atoms with Crippen molar-refractivity contribution in [2.75, 3.05) is 0 Å². The van der Waals surface area contributed by atoms with E-state index in [-0.39, 0.29) is 11.5 Å². The van der Waals surface area contributed by atoms with Crippen molar-refractivity contribution in [2.45, 2.75) is 58.0 Å². The molecule has 1 saturated carbocycles. The minimum Gasteiger partial charge on any atom is -0.323 e. The fraction of sp³-hybridized carbons (Fsp3) is 0.750. The molecule has 1 aliphatic rings. The Bertz CT molecular complexity index is 334. The van der Waals surface area contributed by atoms with Crippen LogP contribution in [0.5, 0.6) is 0 Å². The summed E-state index contributed by atoms with van der Waals surface area (Å²) in [4.78, 5) is 0. The van der Waals surface area contributed by atoms with Crippen molar-refractivity contribution in [2.24, 2.45) is 5.73 Å². The molecule has 1 unspecified atom stereocenters. The Balaban J connectivity index is 2.40. The van der Waals surface area contributed by atoms with Crippen LogP contribution >= 0.6 is 0 Å². The highest BCUT2D eigenvalue weighted by Gasteiger charge is 2.30. The van der Waals surface area contributed by atoms with Crippen LogP contribution in [0, 0.1) is 0 Å². The highest BCUT2D eigenvalue weighted by atomic mass is 15.3. The Morgan fingerprint density at radius 2 is 2.07 bits per heavy atom. The van der Waals surface area contributed by atoms with Crippen molar-refractivity contribution < 1.29 is 0 Å². The van der Waals surface area contributed by atoms with Gasteiger partial charge in [0.15, 0.2) is 0 Å². The summed E-state index contributed by atoms with van der Waals surface area (Å²) >= 11 is 0. The molecular weight excluding hydrogens is 186 g/mol. The fourth-order valence-corrected chi connectivity index (χ4v) is 1.73. The topological polar surface area (TPSA) is 43.8 Å². The largest absolute Gasteiger partial charge is 0.323 e. The monoisotopic (exact) mass is 207 g/mol. The second-order valence-electron chi connectivity index (χ2n) is 5.67. The van der Waals surface area contributed by atoms with E-state index < -0.39 is 0 Å². The molecule has 0 aromatic carbocycles. The Morgan fingerprint density at radius 3 is 2.47 bits per heavy atom. The molecule has 84 valence electrons.